The summed E-state index contributed by atoms with van der Waals surface area (Å²) < 4.78 is 19.8. The van der Waals surface area contributed by atoms with E-state index in [0.29, 0.717) is 5.52 Å². The highest BCUT2D eigenvalue weighted by atomic mass is 19.1. The minimum absolute atomic E-state index is 0.339. The number of ether oxygens (including phenoxy) is 1. The molecule has 0 aliphatic heterocycles. The number of aromatic nitrogens is 2. The molecule has 1 aromatic heterocycles. The highest BCUT2D eigenvalue weighted by Gasteiger charge is 2.14. The number of hydrogen-bond donors (Lipinski definition) is 0. The van der Waals surface area contributed by atoms with Gasteiger partial charge < -0.3 is 9.30 Å². The second kappa shape index (κ2) is 4.84. The van der Waals surface area contributed by atoms with Crippen LogP contribution < -0.4 is 0 Å². The van der Waals surface area contributed by atoms with Gasteiger partial charge >= 0.3 is 5.97 Å². The molecule has 2 aromatic rings. The first-order chi connectivity index (χ1) is 8.85. The zero-order chi connectivity index (χ0) is 14.0. The van der Waals surface area contributed by atoms with Gasteiger partial charge in [-0.05, 0) is 32.9 Å². The maximum absolute atomic E-state index is 13.0. The topological polar surface area (TPSA) is 44.1 Å². The van der Waals surface area contributed by atoms with Crippen molar-refractivity contribution in [2.75, 3.05) is 0 Å². The Kier molecular flexibility index (Phi) is 3.38. The number of fused-ring (bicyclic) bond motifs is 1. The van der Waals surface area contributed by atoms with Gasteiger partial charge in [0.1, 0.15) is 11.4 Å². The summed E-state index contributed by atoms with van der Waals surface area (Å²) in [4.78, 5) is 15.6. The number of benzene rings is 1. The fourth-order valence-electron chi connectivity index (χ4n) is 1.60. The van der Waals surface area contributed by atoms with Crippen LogP contribution in [-0.2, 0) is 9.53 Å². The van der Waals surface area contributed by atoms with Crippen molar-refractivity contribution >= 4 is 23.2 Å². The molecule has 2 rings (SSSR count). The molecule has 0 aliphatic rings. The molecule has 0 saturated heterocycles. The number of carbonyl (C=O) groups is 1. The van der Waals surface area contributed by atoms with E-state index in [1.165, 1.54) is 24.5 Å². The molecular weight excluding hydrogens is 247 g/mol. The first-order valence-electron chi connectivity index (χ1n) is 5.88. The summed E-state index contributed by atoms with van der Waals surface area (Å²) >= 11 is 0. The van der Waals surface area contributed by atoms with Crippen LogP contribution in [-0.4, -0.2) is 21.1 Å². The number of halogens is 1. The largest absolute Gasteiger partial charge is 0.457 e. The number of carbonyl (C=O) groups excluding carboxylic acids is 1. The van der Waals surface area contributed by atoms with E-state index in [1.807, 2.05) is 0 Å². The molecule has 0 aliphatic carbocycles. The summed E-state index contributed by atoms with van der Waals surface area (Å²) in [6, 6.07) is 4.30. The van der Waals surface area contributed by atoms with Gasteiger partial charge in [-0.1, -0.05) is 0 Å². The molecule has 0 spiro atoms. The Labute approximate surface area is 110 Å². The van der Waals surface area contributed by atoms with Crippen molar-refractivity contribution in [3.05, 3.63) is 36.4 Å². The molecular formula is C14H15FN2O2. The summed E-state index contributed by atoms with van der Waals surface area (Å²) in [6.07, 6.45) is 4.38. The minimum atomic E-state index is -0.526. The quantitative estimate of drug-likeness (QED) is 0.617. The Bertz CT molecular complexity index is 638. The van der Waals surface area contributed by atoms with Crippen LogP contribution in [0, 0.1) is 5.82 Å². The molecule has 0 radical (unpaired) electrons. The fraction of sp³-hybridized carbons (Fsp3) is 0.286. The van der Waals surface area contributed by atoms with E-state index in [9.17, 15) is 9.18 Å². The number of esters is 1. The van der Waals surface area contributed by atoms with E-state index >= 15 is 0 Å². The van der Waals surface area contributed by atoms with Crippen LogP contribution in [0.5, 0.6) is 0 Å². The van der Waals surface area contributed by atoms with Crippen LogP contribution in [0.15, 0.2) is 30.6 Å². The predicted octanol–water partition coefficient (Wildman–Crippen LogP) is 2.99. The van der Waals surface area contributed by atoms with Gasteiger partial charge in [0.05, 0.1) is 17.4 Å². The van der Waals surface area contributed by atoms with E-state index in [-0.39, 0.29) is 5.82 Å². The molecule has 0 unspecified atom stereocenters. The first kappa shape index (κ1) is 13.3. The van der Waals surface area contributed by atoms with E-state index < -0.39 is 11.6 Å². The van der Waals surface area contributed by atoms with Crippen LogP contribution in [0.4, 0.5) is 4.39 Å². The highest BCUT2D eigenvalue weighted by molar-refractivity contribution is 5.86. The number of hydrogen-bond acceptors (Lipinski definition) is 3. The Balaban J connectivity index is 2.20. The number of imidazole rings is 1. The maximum atomic E-state index is 13.0. The lowest BCUT2D eigenvalue weighted by atomic mass is 10.2. The minimum Gasteiger partial charge on any atom is -0.457 e. The second-order valence-corrected chi connectivity index (χ2v) is 5.13. The van der Waals surface area contributed by atoms with Gasteiger partial charge in [-0.3, -0.25) is 0 Å². The van der Waals surface area contributed by atoms with Crippen molar-refractivity contribution in [1.82, 2.24) is 9.55 Å². The molecule has 1 heterocycles. The van der Waals surface area contributed by atoms with Crippen LogP contribution in [0.2, 0.25) is 0 Å². The molecule has 0 fully saturated rings. The SMILES string of the molecule is CC(C)(C)OC(=O)/C=C/n1cnc2cc(F)ccc21. The van der Waals surface area contributed by atoms with Crippen LogP contribution in [0.25, 0.3) is 17.2 Å². The third-order valence-electron chi connectivity index (χ3n) is 2.31. The van der Waals surface area contributed by atoms with Crippen LogP contribution in [0.1, 0.15) is 20.8 Å². The normalized spacial score (nSPS) is 12.2. The molecule has 19 heavy (non-hydrogen) atoms. The van der Waals surface area contributed by atoms with Crippen LogP contribution in [0.3, 0.4) is 0 Å². The number of nitrogens with zero attached hydrogens (tertiary/aromatic N) is 2. The average Bonchev–Trinajstić information content (AvgIpc) is 2.66. The first-order valence-corrected chi connectivity index (χ1v) is 5.88. The smallest absolute Gasteiger partial charge is 0.332 e. The molecule has 0 N–H and O–H groups in total. The van der Waals surface area contributed by atoms with Gasteiger partial charge in [0, 0.05) is 18.3 Å². The van der Waals surface area contributed by atoms with Crippen molar-refractivity contribution in [3.63, 3.8) is 0 Å². The lowest BCUT2D eigenvalue weighted by Crippen LogP contribution is -2.22. The molecule has 5 heteroatoms. The predicted molar refractivity (Wildman–Crippen MR) is 70.9 cm³/mol. The molecule has 0 atom stereocenters. The average molecular weight is 262 g/mol. The number of rotatable bonds is 2. The summed E-state index contributed by atoms with van der Waals surface area (Å²) in [6.45, 7) is 5.40. The van der Waals surface area contributed by atoms with Gasteiger partial charge in [0.2, 0.25) is 0 Å². The fourth-order valence-corrected chi connectivity index (χ4v) is 1.60. The molecule has 4 nitrogen and oxygen atoms in total. The summed E-state index contributed by atoms with van der Waals surface area (Å²) in [5, 5.41) is 0. The summed E-state index contributed by atoms with van der Waals surface area (Å²) in [5.74, 6) is -0.773. The highest BCUT2D eigenvalue weighted by Crippen LogP contribution is 2.14. The standard InChI is InChI=1S/C14H15FN2O2/c1-14(2,3)19-13(18)6-7-17-9-16-11-8-10(15)4-5-12(11)17/h4-9H,1-3H3/b7-6+. The van der Waals surface area contributed by atoms with Crippen molar-refractivity contribution in [1.29, 1.82) is 0 Å². The third kappa shape index (κ3) is 3.40. The zero-order valence-electron chi connectivity index (χ0n) is 11.1. The van der Waals surface area contributed by atoms with Gasteiger partial charge in [-0.15, -0.1) is 0 Å². The van der Waals surface area contributed by atoms with Crippen LogP contribution >= 0.6 is 0 Å². The van der Waals surface area contributed by atoms with Crippen molar-refractivity contribution < 1.29 is 13.9 Å². The Hall–Kier alpha value is -2.17. The Morgan fingerprint density at radius 1 is 1.42 bits per heavy atom. The molecule has 0 saturated carbocycles. The van der Waals surface area contributed by atoms with E-state index in [0.717, 1.165) is 5.52 Å². The lowest BCUT2D eigenvalue weighted by molar-refractivity contribution is -0.148. The second-order valence-electron chi connectivity index (χ2n) is 5.13. The maximum Gasteiger partial charge on any atom is 0.332 e. The van der Waals surface area contributed by atoms with Gasteiger partial charge in [0.15, 0.2) is 0 Å². The van der Waals surface area contributed by atoms with Crippen molar-refractivity contribution in [3.8, 4) is 0 Å². The van der Waals surface area contributed by atoms with Crippen molar-refractivity contribution in [2.45, 2.75) is 26.4 Å². The Morgan fingerprint density at radius 3 is 2.84 bits per heavy atom. The van der Waals surface area contributed by atoms with Gasteiger partial charge in [0.25, 0.3) is 0 Å². The monoisotopic (exact) mass is 262 g/mol. The summed E-state index contributed by atoms with van der Waals surface area (Å²) in [7, 11) is 0. The third-order valence-corrected chi connectivity index (χ3v) is 2.31. The zero-order valence-corrected chi connectivity index (χ0v) is 11.1. The summed E-state index contributed by atoms with van der Waals surface area (Å²) in [5.41, 5.74) is 0.733. The van der Waals surface area contributed by atoms with Gasteiger partial charge in [-0.25, -0.2) is 14.2 Å². The molecule has 1 aromatic carbocycles. The van der Waals surface area contributed by atoms with Crippen molar-refractivity contribution in [2.24, 2.45) is 0 Å². The molecule has 0 amide bonds. The van der Waals surface area contributed by atoms with E-state index in [4.69, 9.17) is 4.74 Å². The molecule has 0 bridgehead atoms. The van der Waals surface area contributed by atoms with Gasteiger partial charge in [-0.2, -0.15) is 0 Å². The lowest BCUT2D eigenvalue weighted by Gasteiger charge is -2.17. The Morgan fingerprint density at radius 2 is 2.16 bits per heavy atom. The molecule has 100 valence electrons. The van der Waals surface area contributed by atoms with E-state index in [1.54, 1.807) is 37.6 Å². The van der Waals surface area contributed by atoms with E-state index in [2.05, 4.69) is 4.98 Å².